The zero-order valence-corrected chi connectivity index (χ0v) is 21.7. The standard InChI is InChI=1S/C28H50N4/c1-18(2)8-7-9-19(3)22-10-11-23-26(30-6)24(12-13-27(22,23)4)28(5)15-20-17-31-32-25(20)14-21(28)16-29/h17-19,21-24,26,30H,7-16,29H2,1-6H3,(H,31,32)/t19?,21-,22-,23-,24-,26+,27-,28-/m1/s1. The Bertz CT molecular complexity index is 756. The number of fused-ring (bicyclic) bond motifs is 2. The van der Waals surface area contributed by atoms with Crippen LogP contribution in [0.4, 0.5) is 0 Å². The number of hydrogen-bond acceptors (Lipinski definition) is 3. The summed E-state index contributed by atoms with van der Waals surface area (Å²) >= 11 is 0. The van der Waals surface area contributed by atoms with E-state index >= 15 is 0 Å². The molecule has 182 valence electrons. The molecule has 0 spiro atoms. The molecule has 0 amide bonds. The Hall–Kier alpha value is -0.870. The summed E-state index contributed by atoms with van der Waals surface area (Å²) < 4.78 is 0. The molecule has 1 unspecified atom stereocenters. The smallest absolute Gasteiger partial charge is 0.0522 e. The van der Waals surface area contributed by atoms with Crippen molar-refractivity contribution in [3.63, 3.8) is 0 Å². The van der Waals surface area contributed by atoms with E-state index in [0.717, 1.165) is 43.1 Å². The minimum Gasteiger partial charge on any atom is -0.330 e. The van der Waals surface area contributed by atoms with E-state index in [0.29, 0.717) is 23.3 Å². The maximum absolute atomic E-state index is 6.41. The normalized spacial score (nSPS) is 40.3. The lowest BCUT2D eigenvalue weighted by molar-refractivity contribution is -0.0473. The molecule has 0 bridgehead atoms. The third-order valence-corrected chi connectivity index (χ3v) is 10.7. The van der Waals surface area contributed by atoms with Crippen molar-refractivity contribution in [2.45, 2.75) is 98.4 Å². The molecule has 2 fully saturated rings. The van der Waals surface area contributed by atoms with Gasteiger partial charge < -0.3 is 11.1 Å². The van der Waals surface area contributed by atoms with Crippen LogP contribution >= 0.6 is 0 Å². The second-order valence-corrected chi connectivity index (χ2v) is 12.8. The third kappa shape index (κ3) is 4.08. The molecule has 8 atom stereocenters. The van der Waals surface area contributed by atoms with Crippen LogP contribution in [0.5, 0.6) is 0 Å². The monoisotopic (exact) mass is 442 g/mol. The number of hydrogen-bond donors (Lipinski definition) is 3. The summed E-state index contributed by atoms with van der Waals surface area (Å²) in [7, 11) is 2.23. The molecule has 4 N–H and O–H groups in total. The first-order chi connectivity index (χ1) is 15.2. The van der Waals surface area contributed by atoms with Gasteiger partial charge in [0.1, 0.15) is 0 Å². The Morgan fingerprint density at radius 1 is 1.12 bits per heavy atom. The van der Waals surface area contributed by atoms with Crippen LogP contribution in [0.15, 0.2) is 6.20 Å². The summed E-state index contributed by atoms with van der Waals surface area (Å²) in [5.74, 6) is 4.60. The van der Waals surface area contributed by atoms with Crippen LogP contribution in [-0.4, -0.2) is 29.8 Å². The fourth-order valence-electron chi connectivity index (χ4n) is 8.79. The van der Waals surface area contributed by atoms with E-state index in [1.165, 1.54) is 56.2 Å². The van der Waals surface area contributed by atoms with E-state index in [-0.39, 0.29) is 5.41 Å². The molecular formula is C28H50N4. The predicted molar refractivity (Wildman–Crippen MR) is 134 cm³/mol. The largest absolute Gasteiger partial charge is 0.330 e. The van der Waals surface area contributed by atoms with Gasteiger partial charge in [-0.15, -0.1) is 0 Å². The van der Waals surface area contributed by atoms with E-state index < -0.39 is 0 Å². The summed E-state index contributed by atoms with van der Waals surface area (Å²) in [6.45, 7) is 13.3. The number of nitrogens with zero attached hydrogens (tertiary/aromatic N) is 1. The highest BCUT2D eigenvalue weighted by atomic mass is 15.1. The molecule has 0 aromatic carbocycles. The topological polar surface area (TPSA) is 66.7 Å². The first kappa shape index (κ1) is 24.3. The third-order valence-electron chi connectivity index (χ3n) is 10.7. The molecule has 4 nitrogen and oxygen atoms in total. The zero-order valence-electron chi connectivity index (χ0n) is 21.7. The molecule has 1 aromatic rings. The Balaban J connectivity index is 1.53. The maximum atomic E-state index is 6.41. The van der Waals surface area contributed by atoms with Crippen molar-refractivity contribution in [2.75, 3.05) is 13.6 Å². The molecule has 1 heterocycles. The quantitative estimate of drug-likeness (QED) is 0.492. The Morgan fingerprint density at radius 3 is 2.56 bits per heavy atom. The Labute approximate surface area is 197 Å². The summed E-state index contributed by atoms with van der Waals surface area (Å²) in [4.78, 5) is 0. The van der Waals surface area contributed by atoms with E-state index in [2.05, 4.69) is 63.4 Å². The predicted octanol–water partition coefficient (Wildman–Crippen LogP) is 5.58. The average molecular weight is 443 g/mol. The van der Waals surface area contributed by atoms with Crippen LogP contribution < -0.4 is 11.1 Å². The van der Waals surface area contributed by atoms with Crippen LogP contribution in [0.1, 0.15) is 90.8 Å². The van der Waals surface area contributed by atoms with Crippen molar-refractivity contribution in [1.82, 2.24) is 15.5 Å². The number of nitrogens with two attached hydrogens (primary N) is 1. The second-order valence-electron chi connectivity index (χ2n) is 12.8. The van der Waals surface area contributed by atoms with Crippen LogP contribution in [-0.2, 0) is 12.8 Å². The Kier molecular flexibility index (Phi) is 7.13. The molecule has 0 radical (unpaired) electrons. The number of aromatic nitrogens is 2. The minimum absolute atomic E-state index is 0.252. The van der Waals surface area contributed by atoms with Crippen LogP contribution in [0, 0.1) is 46.3 Å². The van der Waals surface area contributed by atoms with E-state index in [9.17, 15) is 0 Å². The fourth-order valence-corrected chi connectivity index (χ4v) is 8.79. The molecule has 3 aliphatic carbocycles. The van der Waals surface area contributed by atoms with Crippen LogP contribution in [0.2, 0.25) is 0 Å². The molecule has 4 heteroatoms. The van der Waals surface area contributed by atoms with E-state index in [1.54, 1.807) is 0 Å². The highest BCUT2D eigenvalue weighted by molar-refractivity contribution is 5.25. The lowest BCUT2D eigenvalue weighted by Crippen LogP contribution is -2.58. The fraction of sp³-hybridized carbons (Fsp3) is 0.893. The van der Waals surface area contributed by atoms with Gasteiger partial charge in [0, 0.05) is 11.7 Å². The molecule has 0 saturated heterocycles. The van der Waals surface area contributed by atoms with Gasteiger partial charge in [-0.2, -0.15) is 5.10 Å². The SMILES string of the molecule is CN[C@@H]1[C@H]([C@]2(C)Cc3cn[nH]c3C[C@@H]2CN)CC[C@]2(C)[C@@H](C(C)CCCC(C)C)CC[C@H]12. The highest BCUT2D eigenvalue weighted by Gasteiger charge is 2.58. The van der Waals surface area contributed by atoms with Gasteiger partial charge >= 0.3 is 0 Å². The lowest BCUT2D eigenvalue weighted by Gasteiger charge is -2.57. The average Bonchev–Trinajstić information content (AvgIpc) is 3.34. The van der Waals surface area contributed by atoms with Crippen molar-refractivity contribution >= 4 is 0 Å². The van der Waals surface area contributed by atoms with Gasteiger partial charge in [0.25, 0.3) is 0 Å². The van der Waals surface area contributed by atoms with Gasteiger partial charge in [0.2, 0.25) is 0 Å². The number of H-pyrrole nitrogens is 1. The van der Waals surface area contributed by atoms with Crippen molar-refractivity contribution in [1.29, 1.82) is 0 Å². The van der Waals surface area contributed by atoms with Crippen LogP contribution in [0.3, 0.4) is 0 Å². The molecule has 1 aromatic heterocycles. The molecule has 4 rings (SSSR count). The summed E-state index contributed by atoms with van der Waals surface area (Å²) in [6.07, 6.45) is 14.0. The summed E-state index contributed by atoms with van der Waals surface area (Å²) in [5, 5.41) is 11.5. The number of aromatic amines is 1. The van der Waals surface area contributed by atoms with E-state index in [4.69, 9.17) is 5.73 Å². The zero-order chi connectivity index (χ0) is 23.1. The molecule has 2 saturated carbocycles. The van der Waals surface area contributed by atoms with Gasteiger partial charge in [0.05, 0.1) is 6.20 Å². The summed E-state index contributed by atoms with van der Waals surface area (Å²) in [6, 6.07) is 0.606. The van der Waals surface area contributed by atoms with Gasteiger partial charge in [-0.05, 0) is 104 Å². The minimum atomic E-state index is 0.252. The Morgan fingerprint density at radius 2 is 1.88 bits per heavy atom. The van der Waals surface area contributed by atoms with Gasteiger partial charge in [-0.1, -0.05) is 53.9 Å². The lowest BCUT2D eigenvalue weighted by atomic mass is 9.50. The maximum Gasteiger partial charge on any atom is 0.0522 e. The van der Waals surface area contributed by atoms with Crippen LogP contribution in [0.25, 0.3) is 0 Å². The first-order valence-corrected chi connectivity index (χ1v) is 13.6. The van der Waals surface area contributed by atoms with Crippen molar-refractivity contribution < 1.29 is 0 Å². The van der Waals surface area contributed by atoms with Gasteiger partial charge in [-0.3, -0.25) is 5.10 Å². The molecule has 3 aliphatic rings. The van der Waals surface area contributed by atoms with Crippen molar-refractivity contribution in [2.24, 2.45) is 52.1 Å². The van der Waals surface area contributed by atoms with Crippen molar-refractivity contribution in [3.8, 4) is 0 Å². The highest BCUT2D eigenvalue weighted by Crippen LogP contribution is 2.62. The van der Waals surface area contributed by atoms with Gasteiger partial charge in [0.15, 0.2) is 0 Å². The second kappa shape index (κ2) is 9.41. The number of nitrogens with one attached hydrogen (secondary N) is 2. The first-order valence-electron chi connectivity index (χ1n) is 13.6. The molecule has 32 heavy (non-hydrogen) atoms. The molecular weight excluding hydrogens is 392 g/mol. The van der Waals surface area contributed by atoms with E-state index in [1.807, 2.05) is 0 Å². The van der Waals surface area contributed by atoms with Crippen molar-refractivity contribution in [3.05, 3.63) is 17.5 Å². The summed E-state index contributed by atoms with van der Waals surface area (Å²) in [5.41, 5.74) is 9.91. The molecule has 0 aliphatic heterocycles. The number of rotatable bonds is 8. The van der Waals surface area contributed by atoms with Gasteiger partial charge in [-0.25, -0.2) is 0 Å².